The van der Waals surface area contributed by atoms with Crippen LogP contribution in [0, 0.1) is 23.7 Å². The van der Waals surface area contributed by atoms with Crippen LogP contribution in [0.4, 0.5) is 0 Å². The van der Waals surface area contributed by atoms with Gasteiger partial charge in [-0.2, -0.15) is 0 Å². The van der Waals surface area contributed by atoms with E-state index in [9.17, 15) is 0 Å². The molecule has 28 heavy (non-hydrogen) atoms. The van der Waals surface area contributed by atoms with Gasteiger partial charge in [0.05, 0.1) is 6.54 Å². The van der Waals surface area contributed by atoms with Crippen molar-refractivity contribution >= 4 is 44.4 Å². The number of alkyl halides is 1. The van der Waals surface area contributed by atoms with Crippen molar-refractivity contribution in [3.05, 3.63) is 48.5 Å². The Kier molecular flexibility index (Phi) is 8.79. The molecular formula is C26H28IN. The highest BCUT2D eigenvalue weighted by Crippen LogP contribution is 2.28. The Hall–Kier alpha value is -1.91. The first-order chi connectivity index (χ1) is 13.9. The first kappa shape index (κ1) is 20.8. The Labute approximate surface area is 183 Å². The molecule has 3 aromatic rings. The summed E-state index contributed by atoms with van der Waals surface area (Å²) in [5.41, 5.74) is 2.48. The third kappa shape index (κ3) is 5.79. The van der Waals surface area contributed by atoms with E-state index in [-0.39, 0.29) is 0 Å². The Morgan fingerprint density at radius 2 is 1.18 bits per heavy atom. The number of aromatic nitrogens is 1. The van der Waals surface area contributed by atoms with Crippen molar-refractivity contribution in [3.8, 4) is 23.7 Å². The van der Waals surface area contributed by atoms with Crippen LogP contribution in [-0.4, -0.2) is 8.99 Å². The normalized spacial score (nSPS) is 10.5. The molecule has 2 heteroatoms. The molecule has 1 nitrogen and oxygen atoms in total. The summed E-state index contributed by atoms with van der Waals surface area (Å²) in [6.07, 6.45) is 10.4. The summed E-state index contributed by atoms with van der Waals surface area (Å²) < 4.78 is 3.59. The van der Waals surface area contributed by atoms with E-state index < -0.39 is 0 Å². The highest BCUT2D eigenvalue weighted by Gasteiger charge is 2.07. The molecule has 144 valence electrons. The van der Waals surface area contributed by atoms with E-state index in [0.717, 1.165) is 6.42 Å². The summed E-state index contributed by atoms with van der Waals surface area (Å²) in [5.74, 6) is 12.5. The minimum atomic E-state index is 0.680. The first-order valence-corrected chi connectivity index (χ1v) is 11.9. The molecule has 0 N–H and O–H groups in total. The van der Waals surface area contributed by atoms with Crippen LogP contribution in [-0.2, 0) is 6.54 Å². The van der Waals surface area contributed by atoms with Gasteiger partial charge < -0.3 is 4.57 Å². The summed E-state index contributed by atoms with van der Waals surface area (Å²) in [7, 11) is 0. The lowest BCUT2D eigenvalue weighted by Crippen LogP contribution is -1.94. The zero-order valence-corrected chi connectivity index (χ0v) is 18.7. The van der Waals surface area contributed by atoms with E-state index in [2.05, 4.69) is 99.4 Å². The van der Waals surface area contributed by atoms with Crippen molar-refractivity contribution in [2.75, 3.05) is 4.43 Å². The molecule has 0 radical (unpaired) electrons. The Balaban J connectivity index is 1.47. The molecule has 0 bridgehead atoms. The molecule has 0 spiro atoms. The van der Waals surface area contributed by atoms with Gasteiger partial charge in [0, 0.05) is 28.2 Å². The first-order valence-electron chi connectivity index (χ1n) is 10.4. The molecule has 0 aliphatic rings. The van der Waals surface area contributed by atoms with Crippen molar-refractivity contribution in [3.63, 3.8) is 0 Å². The van der Waals surface area contributed by atoms with Crippen LogP contribution in [0.5, 0.6) is 0 Å². The molecule has 0 saturated carbocycles. The molecule has 3 rings (SSSR count). The van der Waals surface area contributed by atoms with E-state index in [1.54, 1.807) is 0 Å². The molecule has 1 aromatic heterocycles. The number of halogens is 1. The number of benzene rings is 2. The number of hydrogen-bond donors (Lipinski definition) is 0. The minimum absolute atomic E-state index is 0.680. The van der Waals surface area contributed by atoms with Gasteiger partial charge in [-0.05, 0) is 41.2 Å². The molecule has 2 aromatic carbocycles. The van der Waals surface area contributed by atoms with Crippen LogP contribution in [0.1, 0.15) is 51.4 Å². The smallest absolute Gasteiger partial charge is 0.0853 e. The van der Waals surface area contributed by atoms with Gasteiger partial charge in [0.1, 0.15) is 0 Å². The molecular weight excluding hydrogens is 453 g/mol. The number of rotatable bonds is 9. The molecule has 0 atom stereocenters. The fourth-order valence-corrected chi connectivity index (χ4v) is 4.17. The van der Waals surface area contributed by atoms with Gasteiger partial charge in [-0.25, -0.2) is 0 Å². The van der Waals surface area contributed by atoms with E-state index >= 15 is 0 Å². The van der Waals surface area contributed by atoms with Gasteiger partial charge in [-0.1, -0.05) is 103 Å². The molecule has 1 heterocycles. The molecule has 0 aliphatic carbocycles. The van der Waals surface area contributed by atoms with Gasteiger partial charge in [-0.3, -0.25) is 0 Å². The van der Waals surface area contributed by atoms with Gasteiger partial charge >= 0.3 is 0 Å². The summed E-state index contributed by atoms with van der Waals surface area (Å²) in [6, 6.07) is 17.1. The Morgan fingerprint density at radius 3 is 1.82 bits per heavy atom. The summed E-state index contributed by atoms with van der Waals surface area (Å²) in [6.45, 7) is 0.680. The van der Waals surface area contributed by atoms with Gasteiger partial charge in [0.25, 0.3) is 0 Å². The standard InChI is InChI=1S/C26H28IN/c27-21-15-9-7-5-3-1-2-4-6-8-10-16-22-28-25-19-13-11-17-23(25)24-18-12-14-20-26(24)28/h11-14,17-20H,1-5,7,9,15,21-22H2. The number of hydrogen-bond acceptors (Lipinski definition) is 0. The zero-order chi connectivity index (χ0) is 19.4. The SMILES string of the molecule is ICCCCCCCCCC#CC#CCn1c2ccccc2c2ccccc21. The molecule has 0 amide bonds. The van der Waals surface area contributed by atoms with Crippen molar-refractivity contribution in [2.45, 2.75) is 57.9 Å². The second-order valence-corrected chi connectivity index (χ2v) is 8.22. The van der Waals surface area contributed by atoms with Crippen LogP contribution >= 0.6 is 22.6 Å². The van der Waals surface area contributed by atoms with Crippen LogP contribution in [0.3, 0.4) is 0 Å². The Morgan fingerprint density at radius 1 is 0.643 bits per heavy atom. The average Bonchev–Trinajstić information content (AvgIpc) is 3.05. The number of nitrogens with zero attached hydrogens (tertiary/aromatic N) is 1. The summed E-state index contributed by atoms with van der Waals surface area (Å²) >= 11 is 2.46. The maximum atomic E-state index is 3.24. The topological polar surface area (TPSA) is 4.93 Å². The van der Waals surface area contributed by atoms with E-state index in [1.165, 1.54) is 71.2 Å². The predicted molar refractivity (Wildman–Crippen MR) is 131 cm³/mol. The largest absolute Gasteiger partial charge is 0.329 e. The van der Waals surface area contributed by atoms with Gasteiger partial charge in [0.2, 0.25) is 0 Å². The fraction of sp³-hybridized carbons (Fsp3) is 0.385. The van der Waals surface area contributed by atoms with Crippen LogP contribution in [0.15, 0.2) is 48.5 Å². The number of fused-ring (bicyclic) bond motifs is 3. The van der Waals surface area contributed by atoms with Crippen molar-refractivity contribution in [2.24, 2.45) is 0 Å². The lowest BCUT2D eigenvalue weighted by molar-refractivity contribution is 0.596. The van der Waals surface area contributed by atoms with Crippen LogP contribution < -0.4 is 0 Å². The van der Waals surface area contributed by atoms with Crippen molar-refractivity contribution in [1.29, 1.82) is 0 Å². The van der Waals surface area contributed by atoms with Gasteiger partial charge in [-0.15, -0.1) is 0 Å². The van der Waals surface area contributed by atoms with E-state index in [1.807, 2.05) is 0 Å². The predicted octanol–water partition coefficient (Wildman–Crippen LogP) is 7.36. The second kappa shape index (κ2) is 11.8. The summed E-state index contributed by atoms with van der Waals surface area (Å²) in [5, 5.41) is 2.58. The quantitative estimate of drug-likeness (QED) is 0.130. The highest BCUT2D eigenvalue weighted by molar-refractivity contribution is 14.1. The highest BCUT2D eigenvalue weighted by atomic mass is 127. The number of unbranched alkanes of at least 4 members (excludes halogenated alkanes) is 7. The lowest BCUT2D eigenvalue weighted by Gasteiger charge is -2.01. The molecule has 0 unspecified atom stereocenters. The van der Waals surface area contributed by atoms with Crippen LogP contribution in [0.2, 0.25) is 0 Å². The maximum Gasteiger partial charge on any atom is 0.0853 e. The number of para-hydroxylation sites is 2. The van der Waals surface area contributed by atoms with Gasteiger partial charge in [0.15, 0.2) is 0 Å². The van der Waals surface area contributed by atoms with E-state index in [0.29, 0.717) is 6.54 Å². The zero-order valence-electron chi connectivity index (χ0n) is 16.5. The average molecular weight is 481 g/mol. The molecule has 0 fully saturated rings. The van der Waals surface area contributed by atoms with Crippen LogP contribution in [0.25, 0.3) is 21.8 Å². The third-order valence-electron chi connectivity index (χ3n) is 5.09. The third-order valence-corrected chi connectivity index (χ3v) is 5.85. The summed E-state index contributed by atoms with van der Waals surface area (Å²) in [4.78, 5) is 0. The molecule has 0 saturated heterocycles. The maximum absolute atomic E-state index is 3.24. The molecule has 0 aliphatic heterocycles. The monoisotopic (exact) mass is 481 g/mol. The lowest BCUT2D eigenvalue weighted by atomic mass is 10.1. The van der Waals surface area contributed by atoms with Crippen molar-refractivity contribution < 1.29 is 0 Å². The van der Waals surface area contributed by atoms with E-state index in [4.69, 9.17) is 0 Å². The minimum Gasteiger partial charge on any atom is -0.329 e. The second-order valence-electron chi connectivity index (χ2n) is 7.14. The van der Waals surface area contributed by atoms with Crippen molar-refractivity contribution in [1.82, 2.24) is 4.57 Å². The Bertz CT molecular complexity index is 953. The fourth-order valence-electron chi connectivity index (χ4n) is 3.63.